The van der Waals surface area contributed by atoms with E-state index >= 15 is 0 Å². The number of halogens is 2. The number of hydrogen-bond donors (Lipinski definition) is 0. The van der Waals surface area contributed by atoms with E-state index in [1.807, 2.05) is 20.8 Å². The van der Waals surface area contributed by atoms with E-state index in [0.29, 0.717) is 5.71 Å². The number of alkyl halides is 2. The Morgan fingerprint density at radius 2 is 1.95 bits per heavy atom. The van der Waals surface area contributed by atoms with Crippen molar-refractivity contribution in [2.45, 2.75) is 59.5 Å². The molecule has 1 heterocycles. The third-order valence-corrected chi connectivity index (χ3v) is 4.56. The minimum atomic E-state index is -2.97. The molecule has 0 amide bonds. The predicted molar refractivity (Wildman–Crippen MR) is 74.2 cm³/mol. The molecule has 0 bridgehead atoms. The first-order chi connectivity index (χ1) is 9.41. The van der Waals surface area contributed by atoms with Crippen LogP contribution in [-0.2, 0) is 14.4 Å². The molecule has 4 nitrogen and oxygen atoms in total. The number of nitrogens with zero attached hydrogens (tertiary/aromatic N) is 1. The monoisotopic (exact) mass is 303 g/mol. The SMILES string of the molecule is CCOC(=O)C1(C2C(C)(C)C2(F)F)CC(C(C)(C)C)=NO1. The fourth-order valence-corrected chi connectivity index (χ4v) is 3.02. The van der Waals surface area contributed by atoms with Gasteiger partial charge in [0.1, 0.15) is 0 Å². The van der Waals surface area contributed by atoms with E-state index < -0.39 is 28.8 Å². The van der Waals surface area contributed by atoms with Gasteiger partial charge in [-0.25, -0.2) is 13.6 Å². The Morgan fingerprint density at radius 3 is 2.29 bits per heavy atom. The van der Waals surface area contributed by atoms with E-state index in [1.54, 1.807) is 6.92 Å². The number of carbonyl (C=O) groups excluding carboxylic acids is 1. The first-order valence-corrected chi connectivity index (χ1v) is 7.22. The fraction of sp³-hybridized carbons (Fsp3) is 0.867. The molecule has 0 radical (unpaired) electrons. The molecule has 0 spiro atoms. The number of oxime groups is 1. The normalized spacial score (nSPS) is 33.1. The summed E-state index contributed by atoms with van der Waals surface area (Å²) in [5.74, 6) is -4.94. The highest BCUT2D eigenvalue weighted by Crippen LogP contribution is 2.71. The first kappa shape index (κ1) is 16.2. The molecule has 0 N–H and O–H groups in total. The summed E-state index contributed by atoms with van der Waals surface area (Å²) < 4.78 is 33.3. The molecular weight excluding hydrogens is 280 g/mol. The zero-order chi connectivity index (χ0) is 16.3. The molecule has 0 aromatic carbocycles. The molecule has 1 aliphatic heterocycles. The molecule has 0 saturated heterocycles. The largest absolute Gasteiger partial charge is 0.463 e. The molecule has 6 heteroatoms. The van der Waals surface area contributed by atoms with Crippen molar-refractivity contribution >= 4 is 11.7 Å². The molecule has 2 atom stereocenters. The van der Waals surface area contributed by atoms with Gasteiger partial charge in [-0.05, 0) is 6.92 Å². The molecule has 1 saturated carbocycles. The summed E-state index contributed by atoms with van der Waals surface area (Å²) in [5, 5.41) is 3.94. The number of esters is 1. The van der Waals surface area contributed by atoms with Crippen molar-refractivity contribution in [3.63, 3.8) is 0 Å². The molecule has 2 aliphatic rings. The highest BCUT2D eigenvalue weighted by atomic mass is 19.3. The molecule has 0 aromatic rings. The average molecular weight is 303 g/mol. The molecule has 1 fully saturated rings. The molecule has 2 unspecified atom stereocenters. The van der Waals surface area contributed by atoms with Gasteiger partial charge in [0.15, 0.2) is 0 Å². The van der Waals surface area contributed by atoms with Crippen LogP contribution in [0.5, 0.6) is 0 Å². The molecule has 21 heavy (non-hydrogen) atoms. The van der Waals surface area contributed by atoms with Gasteiger partial charge in [-0.15, -0.1) is 0 Å². The van der Waals surface area contributed by atoms with Gasteiger partial charge in [0.25, 0.3) is 5.92 Å². The molecule has 0 aromatic heterocycles. The quantitative estimate of drug-likeness (QED) is 0.751. The van der Waals surface area contributed by atoms with E-state index in [-0.39, 0.29) is 18.4 Å². The van der Waals surface area contributed by atoms with E-state index in [0.717, 1.165) is 0 Å². The second-order valence-corrected chi connectivity index (χ2v) is 7.44. The van der Waals surface area contributed by atoms with E-state index in [9.17, 15) is 13.6 Å². The summed E-state index contributed by atoms with van der Waals surface area (Å²) in [6.45, 7) is 10.4. The van der Waals surface area contributed by atoms with E-state index in [4.69, 9.17) is 9.57 Å². The lowest BCUT2D eigenvalue weighted by Gasteiger charge is -2.26. The van der Waals surface area contributed by atoms with Crippen LogP contribution < -0.4 is 0 Å². The Hall–Kier alpha value is -1.20. The van der Waals surface area contributed by atoms with Crippen LogP contribution in [0.25, 0.3) is 0 Å². The Labute approximate surface area is 123 Å². The van der Waals surface area contributed by atoms with E-state index in [1.165, 1.54) is 13.8 Å². The second-order valence-electron chi connectivity index (χ2n) is 7.44. The van der Waals surface area contributed by atoms with Crippen LogP contribution in [-0.4, -0.2) is 29.8 Å². The summed E-state index contributed by atoms with van der Waals surface area (Å²) in [5.41, 5.74) is -2.74. The first-order valence-electron chi connectivity index (χ1n) is 7.22. The van der Waals surface area contributed by atoms with Crippen molar-refractivity contribution < 1.29 is 23.1 Å². The summed E-state index contributed by atoms with van der Waals surface area (Å²) in [6, 6.07) is 0. The Bertz CT molecular complexity index is 480. The Morgan fingerprint density at radius 1 is 1.43 bits per heavy atom. The van der Waals surface area contributed by atoms with Gasteiger partial charge >= 0.3 is 5.97 Å². The van der Waals surface area contributed by atoms with Crippen LogP contribution >= 0.6 is 0 Å². The second kappa shape index (κ2) is 4.40. The Balaban J connectivity index is 2.36. The number of rotatable bonds is 3. The van der Waals surface area contributed by atoms with Gasteiger partial charge in [-0.3, -0.25) is 0 Å². The van der Waals surface area contributed by atoms with Gasteiger partial charge in [-0.1, -0.05) is 39.8 Å². The van der Waals surface area contributed by atoms with Crippen molar-refractivity contribution in [3.8, 4) is 0 Å². The summed E-state index contributed by atoms with van der Waals surface area (Å²) in [6.07, 6.45) is 0.0546. The third-order valence-electron chi connectivity index (χ3n) is 4.56. The van der Waals surface area contributed by atoms with Gasteiger partial charge in [0.2, 0.25) is 5.60 Å². The van der Waals surface area contributed by atoms with Crippen LogP contribution in [0.2, 0.25) is 0 Å². The zero-order valence-electron chi connectivity index (χ0n) is 13.4. The van der Waals surface area contributed by atoms with Crippen molar-refractivity contribution in [3.05, 3.63) is 0 Å². The van der Waals surface area contributed by atoms with Gasteiger partial charge in [-0.2, -0.15) is 0 Å². The van der Waals surface area contributed by atoms with Crippen LogP contribution in [0.15, 0.2) is 5.16 Å². The molecule has 2 rings (SSSR count). The van der Waals surface area contributed by atoms with Crippen LogP contribution in [0, 0.1) is 16.7 Å². The highest BCUT2D eigenvalue weighted by molar-refractivity contribution is 5.97. The molecule has 1 aliphatic carbocycles. The fourth-order valence-electron chi connectivity index (χ4n) is 3.02. The molecule has 120 valence electrons. The maximum absolute atomic E-state index is 14.2. The van der Waals surface area contributed by atoms with Gasteiger partial charge < -0.3 is 9.57 Å². The van der Waals surface area contributed by atoms with Crippen molar-refractivity contribution in [1.82, 2.24) is 0 Å². The Kier molecular flexibility index (Phi) is 3.39. The number of carbonyl (C=O) groups is 1. The van der Waals surface area contributed by atoms with Gasteiger partial charge in [0.05, 0.1) is 18.2 Å². The minimum Gasteiger partial charge on any atom is -0.463 e. The molecular formula is C15H23F2NO3. The number of ether oxygens (including phenoxy) is 1. The maximum Gasteiger partial charge on any atom is 0.354 e. The average Bonchev–Trinajstić information content (AvgIpc) is 2.67. The van der Waals surface area contributed by atoms with Crippen LogP contribution in [0.3, 0.4) is 0 Å². The minimum absolute atomic E-state index is 0.0546. The van der Waals surface area contributed by atoms with Crippen molar-refractivity contribution in [1.29, 1.82) is 0 Å². The van der Waals surface area contributed by atoms with Crippen LogP contribution in [0.4, 0.5) is 8.78 Å². The lowest BCUT2D eigenvalue weighted by molar-refractivity contribution is -0.176. The van der Waals surface area contributed by atoms with E-state index in [2.05, 4.69) is 5.16 Å². The number of hydrogen-bond acceptors (Lipinski definition) is 4. The third kappa shape index (κ3) is 2.14. The topological polar surface area (TPSA) is 47.9 Å². The smallest absolute Gasteiger partial charge is 0.354 e. The lowest BCUT2D eigenvalue weighted by atomic mass is 9.80. The highest BCUT2D eigenvalue weighted by Gasteiger charge is 2.85. The zero-order valence-corrected chi connectivity index (χ0v) is 13.4. The lowest BCUT2D eigenvalue weighted by Crippen LogP contribution is -2.46. The van der Waals surface area contributed by atoms with Crippen molar-refractivity contribution in [2.75, 3.05) is 6.61 Å². The van der Waals surface area contributed by atoms with Crippen LogP contribution in [0.1, 0.15) is 48.0 Å². The maximum atomic E-state index is 14.2. The van der Waals surface area contributed by atoms with Gasteiger partial charge in [0, 0.05) is 17.3 Å². The van der Waals surface area contributed by atoms with Crippen molar-refractivity contribution in [2.24, 2.45) is 21.9 Å². The standard InChI is InChI=1S/C15H23F2NO3/c1-7-20-11(19)14(10-13(5,6)15(10,16)17)8-9(18-21-14)12(2,3)4/h10H,7-8H2,1-6H3. The summed E-state index contributed by atoms with van der Waals surface area (Å²) >= 11 is 0. The summed E-state index contributed by atoms with van der Waals surface area (Å²) in [7, 11) is 0. The summed E-state index contributed by atoms with van der Waals surface area (Å²) in [4.78, 5) is 17.7. The predicted octanol–water partition coefficient (Wildman–Crippen LogP) is 3.40.